The van der Waals surface area contributed by atoms with E-state index in [1.807, 2.05) is 12.1 Å². The van der Waals surface area contributed by atoms with Crippen LogP contribution < -0.4 is 11.1 Å². The third kappa shape index (κ3) is 2.21. The Bertz CT molecular complexity index is 329. The summed E-state index contributed by atoms with van der Waals surface area (Å²) >= 11 is 0. The van der Waals surface area contributed by atoms with E-state index in [4.69, 9.17) is 5.73 Å². The van der Waals surface area contributed by atoms with Crippen molar-refractivity contribution in [3.8, 4) is 0 Å². The Balaban J connectivity index is 2.96. The van der Waals surface area contributed by atoms with Crippen molar-refractivity contribution in [1.29, 1.82) is 0 Å². The molecule has 3 N–H and O–H groups in total. The average Bonchev–Trinajstić information content (AvgIpc) is 2.13. The van der Waals surface area contributed by atoms with Gasteiger partial charge in [0, 0.05) is 12.7 Å². The van der Waals surface area contributed by atoms with E-state index in [0.29, 0.717) is 5.96 Å². The van der Waals surface area contributed by atoms with Crippen molar-refractivity contribution in [3.63, 3.8) is 0 Å². The maximum absolute atomic E-state index is 5.56. The van der Waals surface area contributed by atoms with E-state index in [9.17, 15) is 0 Å². The van der Waals surface area contributed by atoms with E-state index in [1.54, 1.807) is 7.05 Å². The van der Waals surface area contributed by atoms with E-state index in [1.165, 1.54) is 11.1 Å². The van der Waals surface area contributed by atoms with E-state index in [2.05, 4.69) is 30.2 Å². The summed E-state index contributed by atoms with van der Waals surface area (Å²) < 4.78 is 0. The minimum absolute atomic E-state index is 0.439. The van der Waals surface area contributed by atoms with E-state index in [-0.39, 0.29) is 0 Å². The third-order valence-electron chi connectivity index (χ3n) is 2.11. The van der Waals surface area contributed by atoms with Crippen LogP contribution in [0.25, 0.3) is 0 Å². The molecule has 3 heteroatoms. The van der Waals surface area contributed by atoms with Crippen molar-refractivity contribution in [2.75, 3.05) is 12.4 Å². The van der Waals surface area contributed by atoms with Crippen LogP contribution in [0.15, 0.2) is 23.2 Å². The van der Waals surface area contributed by atoms with Crippen LogP contribution in [0.1, 0.15) is 11.1 Å². The largest absolute Gasteiger partial charge is 0.370 e. The number of rotatable bonds is 1. The molecule has 1 aromatic carbocycles. The van der Waals surface area contributed by atoms with Crippen molar-refractivity contribution in [2.24, 2.45) is 10.7 Å². The molecular formula is C10H15N3. The minimum atomic E-state index is 0.439. The Labute approximate surface area is 78.7 Å². The topological polar surface area (TPSA) is 50.4 Å². The summed E-state index contributed by atoms with van der Waals surface area (Å²) in [7, 11) is 1.66. The van der Waals surface area contributed by atoms with Crippen LogP contribution in [-0.2, 0) is 0 Å². The van der Waals surface area contributed by atoms with E-state index >= 15 is 0 Å². The number of aliphatic imine (C=N–C) groups is 1. The summed E-state index contributed by atoms with van der Waals surface area (Å²) in [6.07, 6.45) is 0. The SMILES string of the molecule is CN=C(N)Nc1cccc(C)c1C. The van der Waals surface area contributed by atoms with Gasteiger partial charge in [0.25, 0.3) is 0 Å². The number of aryl methyl sites for hydroxylation is 1. The molecule has 3 nitrogen and oxygen atoms in total. The molecule has 1 aromatic rings. The fourth-order valence-electron chi connectivity index (χ4n) is 1.08. The van der Waals surface area contributed by atoms with Gasteiger partial charge >= 0.3 is 0 Å². The molecule has 0 aliphatic rings. The van der Waals surface area contributed by atoms with E-state index < -0.39 is 0 Å². The van der Waals surface area contributed by atoms with Crippen LogP contribution in [0.3, 0.4) is 0 Å². The van der Waals surface area contributed by atoms with Gasteiger partial charge in [0.1, 0.15) is 0 Å². The van der Waals surface area contributed by atoms with Crippen molar-refractivity contribution in [3.05, 3.63) is 29.3 Å². The molecule has 0 fully saturated rings. The highest BCUT2D eigenvalue weighted by atomic mass is 15.1. The van der Waals surface area contributed by atoms with Crippen LogP contribution in [0, 0.1) is 13.8 Å². The molecule has 0 radical (unpaired) electrons. The molecule has 70 valence electrons. The molecule has 0 aromatic heterocycles. The highest BCUT2D eigenvalue weighted by molar-refractivity contribution is 5.92. The molecule has 13 heavy (non-hydrogen) atoms. The summed E-state index contributed by atoms with van der Waals surface area (Å²) in [5.41, 5.74) is 9.03. The first-order valence-electron chi connectivity index (χ1n) is 4.20. The van der Waals surface area contributed by atoms with Crippen molar-refractivity contribution < 1.29 is 0 Å². The molecular weight excluding hydrogens is 162 g/mol. The summed E-state index contributed by atoms with van der Waals surface area (Å²) in [5, 5.41) is 3.03. The molecule has 0 atom stereocenters. The van der Waals surface area contributed by atoms with Gasteiger partial charge in [-0.3, -0.25) is 4.99 Å². The molecule has 1 rings (SSSR count). The molecule has 0 bridgehead atoms. The second-order valence-corrected chi connectivity index (χ2v) is 2.98. The number of nitrogens with zero attached hydrogens (tertiary/aromatic N) is 1. The van der Waals surface area contributed by atoms with Crippen LogP contribution in [0.2, 0.25) is 0 Å². The zero-order valence-electron chi connectivity index (χ0n) is 8.26. The summed E-state index contributed by atoms with van der Waals surface area (Å²) in [6.45, 7) is 4.13. The van der Waals surface area contributed by atoms with Gasteiger partial charge in [-0.1, -0.05) is 12.1 Å². The van der Waals surface area contributed by atoms with Crippen LogP contribution >= 0.6 is 0 Å². The molecule has 0 amide bonds. The second kappa shape index (κ2) is 3.94. The molecule has 0 unspecified atom stereocenters. The number of anilines is 1. The fourth-order valence-corrected chi connectivity index (χ4v) is 1.08. The molecule has 0 spiro atoms. The number of benzene rings is 1. The Kier molecular flexibility index (Phi) is 2.90. The second-order valence-electron chi connectivity index (χ2n) is 2.98. The first-order chi connectivity index (χ1) is 6.15. The first kappa shape index (κ1) is 9.58. The fraction of sp³-hybridized carbons (Fsp3) is 0.300. The maximum Gasteiger partial charge on any atom is 0.192 e. The summed E-state index contributed by atoms with van der Waals surface area (Å²) in [4.78, 5) is 3.84. The number of nitrogens with one attached hydrogen (secondary N) is 1. The molecule has 0 saturated carbocycles. The third-order valence-corrected chi connectivity index (χ3v) is 2.11. The monoisotopic (exact) mass is 177 g/mol. The zero-order valence-corrected chi connectivity index (χ0v) is 8.26. The summed E-state index contributed by atoms with van der Waals surface area (Å²) in [6, 6.07) is 6.05. The Hall–Kier alpha value is -1.51. The minimum Gasteiger partial charge on any atom is -0.370 e. The Morgan fingerprint density at radius 3 is 2.69 bits per heavy atom. The lowest BCUT2D eigenvalue weighted by molar-refractivity contribution is 1.32. The van der Waals surface area contributed by atoms with Gasteiger partial charge in [-0.05, 0) is 31.0 Å². The van der Waals surface area contributed by atoms with Gasteiger partial charge in [-0.2, -0.15) is 0 Å². The predicted molar refractivity (Wildman–Crippen MR) is 57.1 cm³/mol. The maximum atomic E-state index is 5.56. The normalized spacial score (nSPS) is 11.5. The standard InChI is InChI=1S/C10H15N3/c1-7-5-4-6-9(8(7)2)13-10(11)12-3/h4-6H,1-3H3,(H3,11,12,13). The number of nitrogens with two attached hydrogens (primary N) is 1. The van der Waals surface area contributed by atoms with Crippen molar-refractivity contribution in [2.45, 2.75) is 13.8 Å². The number of hydrogen-bond donors (Lipinski definition) is 2. The van der Waals surface area contributed by atoms with Gasteiger partial charge in [-0.25, -0.2) is 0 Å². The zero-order chi connectivity index (χ0) is 9.84. The number of hydrogen-bond acceptors (Lipinski definition) is 1. The lowest BCUT2D eigenvalue weighted by Crippen LogP contribution is -2.22. The molecule has 0 aliphatic carbocycles. The molecule has 0 heterocycles. The molecule has 0 aliphatic heterocycles. The lowest BCUT2D eigenvalue weighted by atomic mass is 10.1. The Morgan fingerprint density at radius 2 is 2.08 bits per heavy atom. The van der Waals surface area contributed by atoms with E-state index in [0.717, 1.165) is 5.69 Å². The van der Waals surface area contributed by atoms with Crippen molar-refractivity contribution >= 4 is 11.6 Å². The first-order valence-corrected chi connectivity index (χ1v) is 4.20. The van der Waals surface area contributed by atoms with Crippen LogP contribution in [0.4, 0.5) is 5.69 Å². The quantitative estimate of drug-likeness (QED) is 0.506. The van der Waals surface area contributed by atoms with Gasteiger partial charge in [0.05, 0.1) is 0 Å². The number of guanidine groups is 1. The van der Waals surface area contributed by atoms with Gasteiger partial charge < -0.3 is 11.1 Å². The Morgan fingerprint density at radius 1 is 1.38 bits per heavy atom. The predicted octanol–water partition coefficient (Wildman–Crippen LogP) is 1.66. The summed E-state index contributed by atoms with van der Waals surface area (Å²) in [5.74, 6) is 0.439. The highest BCUT2D eigenvalue weighted by Gasteiger charge is 2.00. The van der Waals surface area contributed by atoms with Crippen LogP contribution in [-0.4, -0.2) is 13.0 Å². The van der Waals surface area contributed by atoms with Gasteiger partial charge in [0.2, 0.25) is 0 Å². The van der Waals surface area contributed by atoms with Crippen LogP contribution in [0.5, 0.6) is 0 Å². The smallest absolute Gasteiger partial charge is 0.192 e. The van der Waals surface area contributed by atoms with Gasteiger partial charge in [-0.15, -0.1) is 0 Å². The van der Waals surface area contributed by atoms with Crippen molar-refractivity contribution in [1.82, 2.24) is 0 Å². The van der Waals surface area contributed by atoms with Gasteiger partial charge in [0.15, 0.2) is 5.96 Å². The highest BCUT2D eigenvalue weighted by Crippen LogP contribution is 2.17. The average molecular weight is 177 g/mol. The lowest BCUT2D eigenvalue weighted by Gasteiger charge is -2.09. The molecule has 0 saturated heterocycles.